The van der Waals surface area contributed by atoms with Gasteiger partial charge >= 0.3 is 0 Å². The van der Waals surface area contributed by atoms with Crippen molar-refractivity contribution in [3.05, 3.63) is 0 Å². The Labute approximate surface area is 133 Å². The van der Waals surface area contributed by atoms with Crippen molar-refractivity contribution >= 4 is 30.7 Å². The third kappa shape index (κ3) is 5.37. The molecule has 0 aromatic carbocycles. The predicted molar refractivity (Wildman–Crippen MR) is 84.8 cm³/mol. The van der Waals surface area contributed by atoms with E-state index in [4.69, 9.17) is 0 Å². The number of hydrogen-bond donors (Lipinski definition) is 2. The quantitative estimate of drug-likeness (QED) is 0.785. The smallest absolute Gasteiger partial charge is 0.239 e. The molecular weight excluding hydrogens is 301 g/mol. The number of halogens is 2. The SMILES string of the molecule is CN1CCCC(CN(C)C(=O)C2CC(O)CN2)C1.Cl.Cl. The van der Waals surface area contributed by atoms with Gasteiger partial charge in [-0.1, -0.05) is 0 Å². The molecule has 2 fully saturated rings. The first-order chi connectivity index (χ1) is 8.56. The van der Waals surface area contributed by atoms with Crippen molar-refractivity contribution in [3.63, 3.8) is 0 Å². The summed E-state index contributed by atoms with van der Waals surface area (Å²) < 4.78 is 0. The Kier molecular flexibility index (Phi) is 9.02. The Morgan fingerprint density at radius 1 is 1.45 bits per heavy atom. The second kappa shape index (κ2) is 9.05. The lowest BCUT2D eigenvalue weighted by Gasteiger charge is -2.33. The van der Waals surface area contributed by atoms with Crippen LogP contribution in [-0.2, 0) is 4.79 Å². The number of β-amino-alcohol motifs (C(OH)–C–C–N with tert-alkyl or cyclic N) is 1. The van der Waals surface area contributed by atoms with Crippen LogP contribution in [0.5, 0.6) is 0 Å². The van der Waals surface area contributed by atoms with Gasteiger partial charge in [-0.15, -0.1) is 24.8 Å². The van der Waals surface area contributed by atoms with Crippen LogP contribution in [0.4, 0.5) is 0 Å². The fourth-order valence-electron chi connectivity index (χ4n) is 3.07. The standard InChI is InChI=1S/C13H25N3O2.2ClH/c1-15-5-3-4-10(8-15)9-16(2)13(18)12-6-11(17)7-14-12;;/h10-12,14,17H,3-9H2,1-2H3;2*1H. The number of carbonyl (C=O) groups is 1. The Bertz CT molecular complexity index is 307. The molecule has 1 amide bonds. The molecule has 2 rings (SSSR count). The highest BCUT2D eigenvalue weighted by molar-refractivity contribution is 5.85. The molecule has 0 aromatic heterocycles. The number of nitrogens with zero attached hydrogens (tertiary/aromatic N) is 2. The zero-order chi connectivity index (χ0) is 13.1. The Balaban J connectivity index is 0.00000180. The van der Waals surface area contributed by atoms with Crippen LogP contribution in [0.2, 0.25) is 0 Å². The van der Waals surface area contributed by atoms with Crippen LogP contribution < -0.4 is 5.32 Å². The van der Waals surface area contributed by atoms with Gasteiger partial charge in [-0.2, -0.15) is 0 Å². The Hall–Kier alpha value is -0.0700. The van der Waals surface area contributed by atoms with Gasteiger partial charge in [-0.25, -0.2) is 0 Å². The third-order valence-electron chi connectivity index (χ3n) is 4.04. The Morgan fingerprint density at radius 3 is 2.70 bits per heavy atom. The van der Waals surface area contributed by atoms with Crippen LogP contribution >= 0.6 is 24.8 Å². The van der Waals surface area contributed by atoms with Crippen molar-refractivity contribution in [3.8, 4) is 0 Å². The highest BCUT2D eigenvalue weighted by atomic mass is 35.5. The minimum absolute atomic E-state index is 0. The topological polar surface area (TPSA) is 55.8 Å². The van der Waals surface area contributed by atoms with Gasteiger partial charge in [0, 0.05) is 26.7 Å². The summed E-state index contributed by atoms with van der Waals surface area (Å²) >= 11 is 0. The van der Waals surface area contributed by atoms with Gasteiger partial charge in [-0.05, 0) is 38.8 Å². The van der Waals surface area contributed by atoms with Gasteiger partial charge in [0.25, 0.3) is 0 Å². The van der Waals surface area contributed by atoms with Crippen LogP contribution in [-0.4, -0.2) is 73.2 Å². The number of piperidine rings is 1. The molecule has 0 aliphatic carbocycles. The van der Waals surface area contributed by atoms with E-state index in [1.165, 1.54) is 19.4 Å². The molecule has 2 aliphatic heterocycles. The molecule has 7 heteroatoms. The maximum Gasteiger partial charge on any atom is 0.239 e. The molecule has 2 aliphatic rings. The molecule has 0 radical (unpaired) electrons. The fourth-order valence-corrected chi connectivity index (χ4v) is 3.07. The summed E-state index contributed by atoms with van der Waals surface area (Å²) in [6.07, 6.45) is 2.62. The van der Waals surface area contributed by atoms with Crippen LogP contribution in [0.15, 0.2) is 0 Å². The van der Waals surface area contributed by atoms with Crippen LogP contribution in [0.3, 0.4) is 0 Å². The molecule has 0 aromatic rings. The maximum absolute atomic E-state index is 12.2. The van der Waals surface area contributed by atoms with Crippen LogP contribution in [0.1, 0.15) is 19.3 Å². The van der Waals surface area contributed by atoms with Crippen molar-refractivity contribution in [2.45, 2.75) is 31.4 Å². The largest absolute Gasteiger partial charge is 0.392 e. The minimum atomic E-state index is -0.367. The van der Waals surface area contributed by atoms with E-state index >= 15 is 0 Å². The van der Waals surface area contributed by atoms with E-state index in [1.54, 1.807) is 0 Å². The molecule has 20 heavy (non-hydrogen) atoms. The van der Waals surface area contributed by atoms with Gasteiger partial charge in [0.1, 0.15) is 0 Å². The lowest BCUT2D eigenvalue weighted by molar-refractivity contribution is -0.132. The average Bonchev–Trinajstić information content (AvgIpc) is 2.75. The molecule has 2 heterocycles. The zero-order valence-corrected chi connectivity index (χ0v) is 13.9. The first-order valence-electron chi connectivity index (χ1n) is 6.91. The van der Waals surface area contributed by atoms with Gasteiger partial charge in [0.05, 0.1) is 12.1 Å². The molecule has 0 saturated carbocycles. The summed E-state index contributed by atoms with van der Waals surface area (Å²) in [7, 11) is 4.02. The van der Waals surface area contributed by atoms with E-state index in [-0.39, 0.29) is 42.9 Å². The summed E-state index contributed by atoms with van der Waals surface area (Å²) in [5.41, 5.74) is 0. The van der Waals surface area contributed by atoms with Gasteiger partial charge in [0.15, 0.2) is 0 Å². The normalized spacial score (nSPS) is 30.2. The van der Waals surface area contributed by atoms with E-state index in [2.05, 4.69) is 17.3 Å². The molecule has 120 valence electrons. The number of aliphatic hydroxyl groups excluding tert-OH is 1. The third-order valence-corrected chi connectivity index (χ3v) is 4.04. The Morgan fingerprint density at radius 2 is 2.15 bits per heavy atom. The summed E-state index contributed by atoms with van der Waals surface area (Å²) in [6, 6.07) is -0.189. The summed E-state index contributed by atoms with van der Waals surface area (Å²) in [4.78, 5) is 16.4. The fraction of sp³-hybridized carbons (Fsp3) is 0.923. The lowest BCUT2D eigenvalue weighted by Crippen LogP contribution is -2.45. The second-order valence-electron chi connectivity index (χ2n) is 5.84. The summed E-state index contributed by atoms with van der Waals surface area (Å²) in [5.74, 6) is 0.712. The number of likely N-dealkylation sites (tertiary alicyclic amines) is 1. The number of hydrogen-bond acceptors (Lipinski definition) is 4. The predicted octanol–water partition coefficient (Wildman–Crippen LogP) is 0.353. The van der Waals surface area contributed by atoms with Gasteiger partial charge in [0.2, 0.25) is 5.91 Å². The molecule has 0 bridgehead atoms. The molecule has 3 unspecified atom stereocenters. The molecule has 5 nitrogen and oxygen atoms in total. The van der Waals surface area contributed by atoms with Crippen molar-refractivity contribution in [1.29, 1.82) is 0 Å². The monoisotopic (exact) mass is 327 g/mol. The second-order valence-corrected chi connectivity index (χ2v) is 5.84. The van der Waals surface area contributed by atoms with E-state index < -0.39 is 0 Å². The summed E-state index contributed by atoms with van der Waals surface area (Å²) in [6.45, 7) is 3.62. The highest BCUT2D eigenvalue weighted by Crippen LogP contribution is 2.17. The van der Waals surface area contributed by atoms with Crippen molar-refractivity contribution < 1.29 is 9.90 Å². The highest BCUT2D eigenvalue weighted by Gasteiger charge is 2.31. The molecule has 2 saturated heterocycles. The molecular formula is C13H27Cl2N3O2. The van der Waals surface area contributed by atoms with Crippen LogP contribution in [0, 0.1) is 5.92 Å². The van der Waals surface area contributed by atoms with E-state index in [0.717, 1.165) is 13.1 Å². The molecule has 3 atom stereocenters. The van der Waals surface area contributed by atoms with E-state index in [1.807, 2.05) is 11.9 Å². The number of likely N-dealkylation sites (N-methyl/N-ethyl adjacent to an activating group) is 1. The first-order valence-corrected chi connectivity index (χ1v) is 6.91. The minimum Gasteiger partial charge on any atom is -0.392 e. The molecule has 2 N–H and O–H groups in total. The van der Waals surface area contributed by atoms with Crippen LogP contribution in [0.25, 0.3) is 0 Å². The number of amides is 1. The van der Waals surface area contributed by atoms with Gasteiger partial charge < -0.3 is 20.2 Å². The number of rotatable bonds is 3. The summed E-state index contributed by atoms with van der Waals surface area (Å²) in [5, 5.41) is 12.5. The maximum atomic E-state index is 12.2. The first kappa shape index (κ1) is 19.9. The lowest BCUT2D eigenvalue weighted by atomic mass is 9.98. The van der Waals surface area contributed by atoms with Gasteiger partial charge in [-0.3, -0.25) is 4.79 Å². The van der Waals surface area contributed by atoms with Crippen molar-refractivity contribution in [1.82, 2.24) is 15.1 Å². The number of nitrogens with one attached hydrogen (secondary N) is 1. The van der Waals surface area contributed by atoms with E-state index in [9.17, 15) is 9.90 Å². The zero-order valence-electron chi connectivity index (χ0n) is 12.2. The van der Waals surface area contributed by atoms with Crippen molar-refractivity contribution in [2.24, 2.45) is 5.92 Å². The average molecular weight is 328 g/mol. The number of aliphatic hydroxyl groups is 1. The van der Waals surface area contributed by atoms with Crippen molar-refractivity contribution in [2.75, 3.05) is 40.3 Å². The molecule has 0 spiro atoms. The number of carbonyl (C=O) groups excluding carboxylic acids is 1. The van der Waals surface area contributed by atoms with E-state index in [0.29, 0.717) is 18.9 Å².